The van der Waals surface area contributed by atoms with E-state index in [9.17, 15) is 4.39 Å². The monoisotopic (exact) mass is 392 g/mol. The molecule has 0 spiro atoms. The van der Waals surface area contributed by atoms with E-state index < -0.39 is 0 Å². The quantitative estimate of drug-likeness (QED) is 0.720. The van der Waals surface area contributed by atoms with Crippen molar-refractivity contribution in [3.05, 3.63) is 47.4 Å². The second-order valence-corrected chi connectivity index (χ2v) is 8.95. The third-order valence-corrected chi connectivity index (χ3v) is 7.13. The molecule has 3 aromatic rings. The van der Waals surface area contributed by atoms with E-state index in [1.165, 1.54) is 62.6 Å². The van der Waals surface area contributed by atoms with Crippen molar-refractivity contribution in [1.82, 2.24) is 14.6 Å². The molecule has 0 radical (unpaired) electrons. The molecule has 3 aliphatic heterocycles. The van der Waals surface area contributed by atoms with Crippen LogP contribution in [0, 0.1) is 11.7 Å². The molecule has 0 saturated carbocycles. The number of anilines is 1. The first-order valence-electron chi connectivity index (χ1n) is 11.0. The van der Waals surface area contributed by atoms with Gasteiger partial charge in [0.1, 0.15) is 11.6 Å². The number of halogens is 1. The minimum Gasteiger partial charge on any atom is -0.361 e. The second kappa shape index (κ2) is 6.80. The van der Waals surface area contributed by atoms with Gasteiger partial charge in [0.15, 0.2) is 5.65 Å². The standard InChI is InChI=1S/C23H26FN5/c24-17-5-3-4-16(12-17)20-13-22-25-19-7-2-1-6-18(19)23(29(22)27-20)26-21-14-28-10-8-15(21)9-11-28/h3-5,12-13,15,21,26H,1-2,6-11,14H2/p+1/t21-/m0/s1. The van der Waals surface area contributed by atoms with Crippen molar-refractivity contribution in [1.29, 1.82) is 0 Å². The average molecular weight is 393 g/mol. The van der Waals surface area contributed by atoms with Gasteiger partial charge in [-0.15, -0.1) is 0 Å². The summed E-state index contributed by atoms with van der Waals surface area (Å²) in [6, 6.07) is 9.17. The fourth-order valence-corrected chi connectivity index (χ4v) is 5.56. The molecule has 0 unspecified atom stereocenters. The van der Waals surface area contributed by atoms with Gasteiger partial charge in [0.05, 0.1) is 31.4 Å². The molecule has 5 nitrogen and oxygen atoms in total. The maximum absolute atomic E-state index is 13.8. The molecule has 7 rings (SSSR count). The number of quaternary nitrogens is 1. The molecule has 5 heterocycles. The van der Waals surface area contributed by atoms with E-state index in [2.05, 4.69) is 5.32 Å². The van der Waals surface area contributed by atoms with Crippen LogP contribution in [0.1, 0.15) is 36.9 Å². The van der Waals surface area contributed by atoms with Crippen LogP contribution < -0.4 is 10.2 Å². The van der Waals surface area contributed by atoms with E-state index in [0.29, 0.717) is 6.04 Å². The first-order chi connectivity index (χ1) is 14.2. The van der Waals surface area contributed by atoms with Gasteiger partial charge in [-0.2, -0.15) is 9.61 Å². The summed E-state index contributed by atoms with van der Waals surface area (Å²) in [5.74, 6) is 1.65. The zero-order chi connectivity index (χ0) is 19.4. The van der Waals surface area contributed by atoms with Crippen LogP contribution >= 0.6 is 0 Å². The van der Waals surface area contributed by atoms with Gasteiger partial charge in [0.25, 0.3) is 0 Å². The van der Waals surface area contributed by atoms with Crippen LogP contribution in [0.5, 0.6) is 0 Å². The van der Waals surface area contributed by atoms with Crippen molar-refractivity contribution in [2.45, 2.75) is 44.6 Å². The van der Waals surface area contributed by atoms with Crippen LogP contribution in [0.4, 0.5) is 10.2 Å². The van der Waals surface area contributed by atoms with Gasteiger partial charge in [-0.05, 0) is 43.7 Å². The number of rotatable bonds is 3. The molecule has 1 aliphatic carbocycles. The maximum Gasteiger partial charge on any atom is 0.158 e. The first-order valence-corrected chi connectivity index (χ1v) is 11.0. The third kappa shape index (κ3) is 3.01. The molecule has 0 amide bonds. The Hall–Kier alpha value is -2.47. The SMILES string of the molecule is Fc1cccc(-c2cc3nc4c(c(N[C@H]5C[NH+]6CCC5CC6)n3n2)CCCC4)c1. The van der Waals surface area contributed by atoms with Gasteiger partial charge < -0.3 is 10.2 Å². The number of fused-ring (bicyclic) bond motifs is 5. The van der Waals surface area contributed by atoms with Crippen molar-refractivity contribution in [3.63, 3.8) is 0 Å². The molecule has 2 N–H and O–H groups in total. The van der Waals surface area contributed by atoms with Crippen LogP contribution in [0.15, 0.2) is 30.3 Å². The summed E-state index contributed by atoms with van der Waals surface area (Å²) >= 11 is 0. The molecule has 29 heavy (non-hydrogen) atoms. The Morgan fingerprint density at radius 3 is 2.76 bits per heavy atom. The molecular weight excluding hydrogens is 365 g/mol. The fourth-order valence-electron chi connectivity index (χ4n) is 5.56. The van der Waals surface area contributed by atoms with E-state index in [0.717, 1.165) is 41.5 Å². The van der Waals surface area contributed by atoms with Crippen molar-refractivity contribution >= 4 is 11.5 Å². The summed E-state index contributed by atoms with van der Waals surface area (Å²) in [6.07, 6.45) is 7.13. The van der Waals surface area contributed by atoms with Gasteiger partial charge in [0.2, 0.25) is 0 Å². The number of nitrogens with one attached hydrogen (secondary N) is 2. The fraction of sp³-hybridized carbons (Fsp3) is 0.478. The number of nitrogens with zero attached hydrogens (tertiary/aromatic N) is 3. The maximum atomic E-state index is 13.8. The molecule has 1 atom stereocenters. The zero-order valence-electron chi connectivity index (χ0n) is 16.6. The Morgan fingerprint density at radius 1 is 1.10 bits per heavy atom. The van der Waals surface area contributed by atoms with E-state index in [1.807, 2.05) is 16.6 Å². The average Bonchev–Trinajstić information content (AvgIpc) is 3.18. The summed E-state index contributed by atoms with van der Waals surface area (Å²) < 4.78 is 15.7. The van der Waals surface area contributed by atoms with Gasteiger partial charge in [-0.3, -0.25) is 0 Å². The summed E-state index contributed by atoms with van der Waals surface area (Å²) in [5, 5.41) is 8.80. The lowest BCUT2D eigenvalue weighted by Crippen LogP contribution is -3.16. The predicted molar refractivity (Wildman–Crippen MR) is 111 cm³/mol. The van der Waals surface area contributed by atoms with Gasteiger partial charge in [-0.1, -0.05) is 12.1 Å². The highest BCUT2D eigenvalue weighted by Gasteiger charge is 2.38. The van der Waals surface area contributed by atoms with E-state index in [1.54, 1.807) is 17.0 Å². The summed E-state index contributed by atoms with van der Waals surface area (Å²) in [6.45, 7) is 3.83. The molecule has 1 aromatic carbocycles. The molecule has 3 fully saturated rings. The summed E-state index contributed by atoms with van der Waals surface area (Å²) in [4.78, 5) is 6.67. The lowest BCUT2D eigenvalue weighted by atomic mass is 9.84. The molecule has 2 bridgehead atoms. The highest BCUT2D eigenvalue weighted by molar-refractivity contribution is 5.67. The van der Waals surface area contributed by atoms with E-state index in [-0.39, 0.29) is 5.82 Å². The largest absolute Gasteiger partial charge is 0.361 e. The number of aromatic nitrogens is 3. The lowest BCUT2D eigenvalue weighted by Gasteiger charge is -2.42. The minimum atomic E-state index is -0.236. The first kappa shape index (κ1) is 17.4. The van der Waals surface area contributed by atoms with Crippen LogP contribution in [-0.4, -0.2) is 40.3 Å². The lowest BCUT2D eigenvalue weighted by molar-refractivity contribution is -0.916. The van der Waals surface area contributed by atoms with Crippen molar-refractivity contribution in [2.24, 2.45) is 5.92 Å². The van der Waals surface area contributed by atoms with Crippen LogP contribution in [-0.2, 0) is 12.8 Å². The van der Waals surface area contributed by atoms with Gasteiger partial charge >= 0.3 is 0 Å². The smallest absolute Gasteiger partial charge is 0.158 e. The molecule has 2 aromatic heterocycles. The Morgan fingerprint density at radius 2 is 1.97 bits per heavy atom. The number of aryl methyl sites for hydroxylation is 1. The van der Waals surface area contributed by atoms with Gasteiger partial charge in [-0.25, -0.2) is 9.37 Å². The molecular formula is C23H27FN5+. The molecule has 150 valence electrons. The predicted octanol–water partition coefficient (Wildman–Crippen LogP) is 2.50. The highest BCUT2D eigenvalue weighted by Crippen LogP contribution is 2.32. The number of piperidine rings is 3. The number of hydrogen-bond donors (Lipinski definition) is 2. The number of hydrogen-bond acceptors (Lipinski definition) is 3. The third-order valence-electron chi connectivity index (χ3n) is 7.13. The summed E-state index contributed by atoms with van der Waals surface area (Å²) in [7, 11) is 0. The number of benzene rings is 1. The summed E-state index contributed by atoms with van der Waals surface area (Å²) in [5.41, 5.74) is 4.99. The highest BCUT2D eigenvalue weighted by atomic mass is 19.1. The Balaban J connectivity index is 1.46. The zero-order valence-corrected chi connectivity index (χ0v) is 16.6. The van der Waals surface area contributed by atoms with Crippen LogP contribution in [0.25, 0.3) is 16.9 Å². The van der Waals surface area contributed by atoms with Crippen LogP contribution in [0.3, 0.4) is 0 Å². The van der Waals surface area contributed by atoms with Crippen molar-refractivity contribution in [3.8, 4) is 11.3 Å². The van der Waals surface area contributed by atoms with Crippen molar-refractivity contribution in [2.75, 3.05) is 25.0 Å². The Kier molecular flexibility index (Phi) is 4.08. The topological polar surface area (TPSA) is 46.7 Å². The Bertz CT molecular complexity index is 1070. The van der Waals surface area contributed by atoms with Crippen LogP contribution in [0.2, 0.25) is 0 Å². The molecule has 4 aliphatic rings. The second-order valence-electron chi connectivity index (χ2n) is 8.95. The molecule has 3 saturated heterocycles. The normalized spacial score (nSPS) is 25.9. The molecule has 6 heteroatoms. The Labute approximate surface area is 169 Å². The minimum absolute atomic E-state index is 0.236. The van der Waals surface area contributed by atoms with Gasteiger partial charge in [0, 0.05) is 35.7 Å². The van der Waals surface area contributed by atoms with Crippen molar-refractivity contribution < 1.29 is 9.29 Å². The van der Waals surface area contributed by atoms with E-state index in [4.69, 9.17) is 10.1 Å². The van der Waals surface area contributed by atoms with E-state index >= 15 is 0 Å².